The molecular weight excluding hydrogens is 241 g/mol. The van der Waals surface area contributed by atoms with Gasteiger partial charge in [0.2, 0.25) is 5.88 Å². The Kier molecular flexibility index (Phi) is 2.86. The van der Waals surface area contributed by atoms with Crippen molar-refractivity contribution in [2.75, 3.05) is 0 Å². The minimum absolute atomic E-state index is 0. The first-order chi connectivity index (χ1) is 7.77. The van der Waals surface area contributed by atoms with Gasteiger partial charge in [-0.15, -0.1) is 12.4 Å². The number of rotatable bonds is 0. The van der Waals surface area contributed by atoms with E-state index in [2.05, 4.69) is 4.98 Å². The maximum absolute atomic E-state index is 13.8. The third kappa shape index (κ3) is 1.68. The van der Waals surface area contributed by atoms with Crippen LogP contribution in [-0.4, -0.2) is 10.1 Å². The van der Waals surface area contributed by atoms with Crippen LogP contribution in [0.3, 0.4) is 0 Å². The molecule has 1 heterocycles. The van der Waals surface area contributed by atoms with Crippen LogP contribution in [0, 0.1) is 5.82 Å². The highest BCUT2D eigenvalue weighted by atomic mass is 35.5. The molecule has 0 spiro atoms. The molecule has 0 aliphatic rings. The molecule has 0 unspecified atom stereocenters. The third-order valence-electron chi connectivity index (χ3n) is 2.65. The zero-order chi connectivity index (χ0) is 11.1. The molecular formula is C13H9ClFNO. The molecule has 0 aliphatic heterocycles. The average Bonchev–Trinajstić information content (AvgIpc) is 2.30. The summed E-state index contributed by atoms with van der Waals surface area (Å²) in [5.74, 6) is -0.473. The zero-order valence-corrected chi connectivity index (χ0v) is 9.54. The summed E-state index contributed by atoms with van der Waals surface area (Å²) < 4.78 is 13.8. The largest absolute Gasteiger partial charge is 0.493 e. The molecule has 0 amide bonds. The third-order valence-corrected chi connectivity index (χ3v) is 2.65. The number of hydrogen-bond acceptors (Lipinski definition) is 2. The Balaban J connectivity index is 0.00000108. The van der Waals surface area contributed by atoms with Gasteiger partial charge in [0.15, 0.2) is 0 Å². The minimum Gasteiger partial charge on any atom is -0.493 e. The van der Waals surface area contributed by atoms with Crippen LogP contribution < -0.4 is 0 Å². The summed E-state index contributed by atoms with van der Waals surface area (Å²) in [6.07, 6.45) is 0. The minimum atomic E-state index is -0.341. The lowest BCUT2D eigenvalue weighted by atomic mass is 10.1. The van der Waals surface area contributed by atoms with Gasteiger partial charge in [-0.2, -0.15) is 0 Å². The predicted octanol–water partition coefficient (Wildman–Crippen LogP) is 3.65. The van der Waals surface area contributed by atoms with E-state index in [0.29, 0.717) is 21.7 Å². The molecule has 1 N–H and O–H groups in total. The number of hydrogen-bond donors (Lipinski definition) is 1. The Labute approximate surface area is 103 Å². The number of fused-ring (bicyclic) bond motifs is 3. The van der Waals surface area contributed by atoms with E-state index in [9.17, 15) is 9.50 Å². The van der Waals surface area contributed by atoms with Crippen molar-refractivity contribution in [1.82, 2.24) is 4.98 Å². The van der Waals surface area contributed by atoms with Gasteiger partial charge in [0, 0.05) is 16.2 Å². The van der Waals surface area contributed by atoms with Gasteiger partial charge in [-0.3, -0.25) is 0 Å². The van der Waals surface area contributed by atoms with Crippen LogP contribution in [-0.2, 0) is 0 Å². The van der Waals surface area contributed by atoms with E-state index >= 15 is 0 Å². The lowest BCUT2D eigenvalue weighted by Gasteiger charge is -2.05. The topological polar surface area (TPSA) is 33.1 Å². The van der Waals surface area contributed by atoms with Gasteiger partial charge in [-0.25, -0.2) is 9.37 Å². The van der Waals surface area contributed by atoms with Crippen molar-refractivity contribution < 1.29 is 9.50 Å². The van der Waals surface area contributed by atoms with Gasteiger partial charge < -0.3 is 5.11 Å². The highest BCUT2D eigenvalue weighted by Gasteiger charge is 2.10. The number of aromatic nitrogens is 1. The lowest BCUT2D eigenvalue weighted by Crippen LogP contribution is -1.86. The van der Waals surface area contributed by atoms with Crippen LogP contribution in [0.2, 0.25) is 0 Å². The quantitative estimate of drug-likeness (QED) is 0.617. The Morgan fingerprint density at radius 2 is 1.65 bits per heavy atom. The molecule has 17 heavy (non-hydrogen) atoms. The standard InChI is InChI=1S/C13H8FNO.ClH/c14-10-6-3-5-9-12(10)8-4-1-2-7-11(8)15-13(9)16;/h1-7H,(H,15,16);1H. The van der Waals surface area contributed by atoms with Crippen LogP contribution in [0.25, 0.3) is 21.7 Å². The van der Waals surface area contributed by atoms with Crippen molar-refractivity contribution in [3.05, 3.63) is 48.3 Å². The smallest absolute Gasteiger partial charge is 0.219 e. The van der Waals surface area contributed by atoms with E-state index in [1.54, 1.807) is 30.3 Å². The van der Waals surface area contributed by atoms with Crippen LogP contribution in [0.15, 0.2) is 42.5 Å². The van der Waals surface area contributed by atoms with Crippen LogP contribution >= 0.6 is 12.4 Å². The first kappa shape index (κ1) is 11.6. The maximum atomic E-state index is 13.8. The molecule has 4 heteroatoms. The molecule has 3 aromatic rings. The van der Waals surface area contributed by atoms with Crippen LogP contribution in [0.4, 0.5) is 4.39 Å². The molecule has 0 bridgehead atoms. The summed E-state index contributed by atoms with van der Waals surface area (Å²) in [7, 11) is 0. The molecule has 0 radical (unpaired) electrons. The summed E-state index contributed by atoms with van der Waals surface area (Å²) >= 11 is 0. The SMILES string of the molecule is Cl.Oc1nc2ccccc2c2c(F)cccc12. The molecule has 0 atom stereocenters. The molecule has 0 aliphatic carbocycles. The van der Waals surface area contributed by atoms with E-state index < -0.39 is 0 Å². The summed E-state index contributed by atoms with van der Waals surface area (Å²) in [5.41, 5.74) is 0.595. The fourth-order valence-electron chi connectivity index (χ4n) is 1.94. The van der Waals surface area contributed by atoms with E-state index in [4.69, 9.17) is 0 Å². The van der Waals surface area contributed by atoms with Crippen LogP contribution in [0.5, 0.6) is 5.88 Å². The first-order valence-electron chi connectivity index (χ1n) is 4.93. The van der Waals surface area contributed by atoms with Gasteiger partial charge in [0.05, 0.1) is 5.52 Å². The fraction of sp³-hybridized carbons (Fsp3) is 0. The molecule has 2 nitrogen and oxygen atoms in total. The predicted molar refractivity (Wildman–Crippen MR) is 68.1 cm³/mol. The zero-order valence-electron chi connectivity index (χ0n) is 8.72. The molecule has 0 saturated heterocycles. The summed E-state index contributed by atoms with van der Waals surface area (Å²) in [6.45, 7) is 0. The van der Waals surface area contributed by atoms with Gasteiger partial charge >= 0.3 is 0 Å². The van der Waals surface area contributed by atoms with Crippen molar-refractivity contribution in [3.8, 4) is 5.88 Å². The van der Waals surface area contributed by atoms with Gasteiger partial charge in [-0.1, -0.05) is 24.3 Å². The Morgan fingerprint density at radius 1 is 0.941 bits per heavy atom. The van der Waals surface area contributed by atoms with E-state index in [1.165, 1.54) is 6.07 Å². The second-order valence-electron chi connectivity index (χ2n) is 3.61. The summed E-state index contributed by atoms with van der Waals surface area (Å²) in [4.78, 5) is 4.03. The van der Waals surface area contributed by atoms with Gasteiger partial charge in [0.25, 0.3) is 0 Å². The number of halogens is 2. The Bertz CT molecular complexity index is 699. The highest BCUT2D eigenvalue weighted by molar-refractivity contribution is 6.07. The second kappa shape index (κ2) is 4.18. The van der Waals surface area contributed by atoms with Crippen molar-refractivity contribution >= 4 is 34.1 Å². The maximum Gasteiger partial charge on any atom is 0.219 e. The molecule has 0 fully saturated rings. The summed E-state index contributed by atoms with van der Waals surface area (Å²) in [5, 5.41) is 11.3. The van der Waals surface area contributed by atoms with Crippen molar-refractivity contribution in [2.24, 2.45) is 0 Å². The average molecular weight is 250 g/mol. The van der Waals surface area contributed by atoms with E-state index in [0.717, 1.165) is 0 Å². The fourth-order valence-corrected chi connectivity index (χ4v) is 1.94. The molecule has 0 saturated carbocycles. The second-order valence-corrected chi connectivity index (χ2v) is 3.61. The lowest BCUT2D eigenvalue weighted by molar-refractivity contribution is 0.462. The molecule has 2 aromatic carbocycles. The van der Waals surface area contributed by atoms with Crippen LogP contribution in [0.1, 0.15) is 0 Å². The molecule has 1 aromatic heterocycles. The van der Waals surface area contributed by atoms with Crippen molar-refractivity contribution in [1.29, 1.82) is 0 Å². The van der Waals surface area contributed by atoms with Crippen molar-refractivity contribution in [2.45, 2.75) is 0 Å². The summed E-state index contributed by atoms with van der Waals surface area (Å²) in [6, 6.07) is 11.8. The number of nitrogens with zero attached hydrogens (tertiary/aromatic N) is 1. The normalized spacial score (nSPS) is 10.4. The number of aromatic hydroxyl groups is 1. The molecule has 3 rings (SSSR count). The Morgan fingerprint density at radius 3 is 2.47 bits per heavy atom. The monoisotopic (exact) mass is 249 g/mol. The highest BCUT2D eigenvalue weighted by Crippen LogP contribution is 2.31. The number of para-hydroxylation sites is 1. The number of pyridine rings is 1. The van der Waals surface area contributed by atoms with E-state index in [-0.39, 0.29) is 24.1 Å². The molecule has 86 valence electrons. The Hall–Kier alpha value is -1.87. The van der Waals surface area contributed by atoms with Crippen molar-refractivity contribution in [3.63, 3.8) is 0 Å². The van der Waals surface area contributed by atoms with E-state index in [1.807, 2.05) is 6.07 Å². The van der Waals surface area contributed by atoms with Gasteiger partial charge in [0.1, 0.15) is 5.82 Å². The first-order valence-corrected chi connectivity index (χ1v) is 4.93. The van der Waals surface area contributed by atoms with Gasteiger partial charge in [-0.05, 0) is 18.2 Å². The number of benzene rings is 2.